The number of nitrogens with zero attached hydrogens (tertiary/aromatic N) is 10. The second-order valence-electron chi connectivity index (χ2n) is 18.1. The van der Waals surface area contributed by atoms with E-state index in [1.54, 1.807) is 50.9 Å². The van der Waals surface area contributed by atoms with E-state index in [0.29, 0.717) is 54.1 Å². The van der Waals surface area contributed by atoms with Gasteiger partial charge in [-0.15, -0.1) is 0 Å². The van der Waals surface area contributed by atoms with E-state index in [1.165, 1.54) is 25.0 Å². The highest BCUT2D eigenvalue weighted by molar-refractivity contribution is 5.95. The van der Waals surface area contributed by atoms with Crippen molar-refractivity contribution in [2.75, 3.05) is 103 Å². The van der Waals surface area contributed by atoms with Crippen LogP contribution in [0.2, 0.25) is 0 Å². The summed E-state index contributed by atoms with van der Waals surface area (Å²) in [6.45, 7) is 17.3. The second kappa shape index (κ2) is 25.7. The van der Waals surface area contributed by atoms with Crippen LogP contribution in [0, 0.1) is 20.2 Å². The van der Waals surface area contributed by atoms with Gasteiger partial charge >= 0.3 is 0 Å². The molecule has 0 bridgehead atoms. The number of pyridine rings is 2. The molecule has 7 heterocycles. The van der Waals surface area contributed by atoms with Crippen LogP contribution in [0.15, 0.2) is 73.1 Å². The van der Waals surface area contributed by atoms with Crippen LogP contribution in [0.1, 0.15) is 40.5 Å². The van der Waals surface area contributed by atoms with E-state index in [9.17, 15) is 25.0 Å². The van der Waals surface area contributed by atoms with Crippen molar-refractivity contribution in [3.63, 3.8) is 0 Å². The number of aromatic nitrogens is 6. The van der Waals surface area contributed by atoms with Crippen LogP contribution in [0.5, 0.6) is 0 Å². The van der Waals surface area contributed by atoms with Gasteiger partial charge in [0, 0.05) is 149 Å². The zero-order valence-electron chi connectivity index (χ0n) is 41.8. The Morgan fingerprint density at radius 1 is 0.681 bits per heavy atom. The van der Waals surface area contributed by atoms with Crippen molar-refractivity contribution in [2.24, 2.45) is 0 Å². The van der Waals surface area contributed by atoms with Crippen LogP contribution in [-0.2, 0) is 28.5 Å². The van der Waals surface area contributed by atoms with Crippen LogP contribution in [-0.4, -0.2) is 180 Å². The summed E-state index contributed by atoms with van der Waals surface area (Å²) in [5.41, 5.74) is 4.63. The minimum absolute atomic E-state index is 0.0327. The van der Waals surface area contributed by atoms with Crippen molar-refractivity contribution >= 4 is 51.1 Å². The van der Waals surface area contributed by atoms with Crippen molar-refractivity contribution < 1.29 is 38.3 Å². The van der Waals surface area contributed by atoms with Crippen molar-refractivity contribution in [1.29, 1.82) is 0 Å². The molecule has 0 radical (unpaired) electrons. The molecule has 3 aliphatic rings. The Morgan fingerprint density at radius 2 is 1.12 bits per heavy atom. The van der Waals surface area contributed by atoms with Crippen LogP contribution in [0.3, 0.4) is 0 Å². The fourth-order valence-corrected chi connectivity index (χ4v) is 9.51. The molecule has 2 aromatic carbocycles. The Labute approximate surface area is 418 Å². The molecule has 72 heavy (non-hydrogen) atoms. The lowest BCUT2D eigenvalue weighted by Gasteiger charge is -2.45. The van der Waals surface area contributed by atoms with Crippen LogP contribution in [0.4, 0.5) is 23.0 Å². The number of non-ortho nitro benzene ring substituents is 2. The SMILES string of the molecule is C1CCOC1.COC(COCCN1[C@H](C)CN(c2cc(-c3n[nH]c4ccc([N+](=O)[O-])cc34)ccn2)C[C@@H]1C)OC.C[C@@H]1CN(c2cc(-c3n[nH]c4ccc([N+](=O)[O-])cc34)ccn2)C[C@H](C)N1CCOCC=O. The van der Waals surface area contributed by atoms with Gasteiger partial charge in [0.15, 0.2) is 6.29 Å². The lowest BCUT2D eigenvalue weighted by atomic mass is 10.1. The average Bonchev–Trinajstić information content (AvgIpc) is 4.20. The van der Waals surface area contributed by atoms with Crippen molar-refractivity contribution in [3.05, 3.63) is 93.3 Å². The highest BCUT2D eigenvalue weighted by atomic mass is 16.7. The molecule has 22 heteroatoms. The second-order valence-corrected chi connectivity index (χ2v) is 18.1. The van der Waals surface area contributed by atoms with Gasteiger partial charge in [-0.3, -0.25) is 40.2 Å². The van der Waals surface area contributed by atoms with Gasteiger partial charge < -0.3 is 38.3 Å². The number of aromatic amines is 2. The van der Waals surface area contributed by atoms with Crippen LogP contribution in [0.25, 0.3) is 44.3 Å². The molecule has 9 rings (SSSR count). The van der Waals surface area contributed by atoms with E-state index in [1.807, 2.05) is 24.3 Å². The van der Waals surface area contributed by atoms with Gasteiger partial charge in [-0.2, -0.15) is 10.2 Å². The Hall–Kier alpha value is -6.53. The first-order valence-corrected chi connectivity index (χ1v) is 24.3. The molecule has 3 saturated heterocycles. The normalized spacial score (nSPS) is 19.5. The fourth-order valence-electron chi connectivity index (χ4n) is 9.51. The first kappa shape index (κ1) is 53.3. The number of nitro benzene ring substituents is 2. The molecular weight excluding hydrogens is 929 g/mol. The molecule has 3 aliphatic heterocycles. The number of hydrogen-bond acceptors (Lipinski definition) is 18. The molecule has 6 aromatic rings. The topological polar surface area (TPSA) is 246 Å². The quantitative estimate of drug-likeness (QED) is 0.0306. The van der Waals surface area contributed by atoms with Crippen molar-refractivity contribution in [3.8, 4) is 22.5 Å². The van der Waals surface area contributed by atoms with Gasteiger partial charge in [-0.05, 0) is 76.9 Å². The predicted molar refractivity (Wildman–Crippen MR) is 273 cm³/mol. The van der Waals surface area contributed by atoms with Crippen molar-refractivity contribution in [2.45, 2.75) is 71.0 Å². The van der Waals surface area contributed by atoms with Gasteiger partial charge in [-0.25, -0.2) is 9.97 Å². The predicted octanol–water partition coefficient (Wildman–Crippen LogP) is 6.51. The van der Waals surface area contributed by atoms with E-state index < -0.39 is 9.85 Å². The summed E-state index contributed by atoms with van der Waals surface area (Å²) in [5.74, 6) is 1.71. The first-order chi connectivity index (χ1) is 34.9. The first-order valence-electron chi connectivity index (χ1n) is 24.3. The monoisotopic (exact) mass is 995 g/mol. The zero-order valence-corrected chi connectivity index (χ0v) is 41.8. The van der Waals surface area contributed by atoms with E-state index in [0.717, 1.165) is 92.6 Å². The Bertz CT molecular complexity index is 2680. The smallest absolute Gasteiger partial charge is 0.270 e. The molecule has 0 amide bonds. The number of piperazine rings is 2. The minimum Gasteiger partial charge on any atom is -0.381 e. The van der Waals surface area contributed by atoms with Gasteiger partial charge in [0.2, 0.25) is 0 Å². The lowest BCUT2D eigenvalue weighted by molar-refractivity contribution is -0.384. The molecule has 386 valence electrons. The maximum Gasteiger partial charge on any atom is 0.270 e. The maximum absolute atomic E-state index is 11.2. The van der Waals surface area contributed by atoms with Crippen LogP contribution < -0.4 is 9.80 Å². The van der Waals surface area contributed by atoms with E-state index >= 15 is 0 Å². The highest BCUT2D eigenvalue weighted by Gasteiger charge is 2.32. The number of anilines is 2. The molecule has 0 saturated carbocycles. The van der Waals surface area contributed by atoms with E-state index in [4.69, 9.17) is 23.7 Å². The lowest BCUT2D eigenvalue weighted by Crippen LogP contribution is -2.57. The van der Waals surface area contributed by atoms with Crippen molar-refractivity contribution in [1.82, 2.24) is 40.2 Å². The summed E-state index contributed by atoms with van der Waals surface area (Å²) in [6.07, 6.45) is 6.49. The number of H-pyrrole nitrogens is 2. The number of nitrogens with one attached hydrogen (secondary N) is 2. The largest absolute Gasteiger partial charge is 0.381 e. The van der Waals surface area contributed by atoms with Crippen LogP contribution >= 0.6 is 0 Å². The fraction of sp³-hybridized carbons (Fsp3) is 0.500. The standard InChI is InChI=1S/C24H32N6O5.C22H26N6O4.C4H8O/c1-16-13-28(14-17(2)29(16)9-10-35-15-23(33-3)34-4)22-11-18(7-8-25-22)24-20-12-19(30(31)32)5-6-21(20)26-27-24;1-15-13-26(14-16(2)27(15)7-9-32-10-8-29)21-11-17(5-6-23-21)22-19-12-18(28(30)31)3-4-20(19)24-25-22;1-2-4-5-3-1/h5-8,11-12,16-17,23H,9-10,13-15H2,1-4H3,(H,26,27);3-6,8,11-12,15-16H,7,9-10,13-14H2,1-2H3,(H,24,25);1-4H2/t16-,17+;15-,16+;. The number of carbonyl (C=O) groups is 1. The molecular formula is C50H66N12O10. The third-order valence-corrected chi connectivity index (χ3v) is 13.2. The number of hydrogen-bond donors (Lipinski definition) is 2. The summed E-state index contributed by atoms with van der Waals surface area (Å²) >= 11 is 0. The molecule has 0 spiro atoms. The number of rotatable bonds is 18. The Morgan fingerprint density at radius 3 is 1.51 bits per heavy atom. The number of benzene rings is 2. The summed E-state index contributed by atoms with van der Waals surface area (Å²) in [4.78, 5) is 50.6. The third kappa shape index (κ3) is 13.5. The van der Waals surface area contributed by atoms with Gasteiger partial charge in [0.05, 0.1) is 40.7 Å². The number of fused-ring (bicyclic) bond motifs is 2. The number of nitro groups is 2. The molecule has 3 fully saturated rings. The number of ether oxygens (including phenoxy) is 5. The Kier molecular flexibility index (Phi) is 19.0. The third-order valence-electron chi connectivity index (χ3n) is 13.2. The number of methoxy groups -OCH3 is 2. The van der Waals surface area contributed by atoms with E-state index in [-0.39, 0.29) is 36.4 Å². The van der Waals surface area contributed by atoms with Gasteiger partial charge in [-0.1, -0.05) is 0 Å². The summed E-state index contributed by atoms with van der Waals surface area (Å²) in [7, 11) is 3.20. The average molecular weight is 995 g/mol. The summed E-state index contributed by atoms with van der Waals surface area (Å²) in [5, 5.41) is 38.6. The number of carbonyl (C=O) groups excluding carboxylic acids is 1. The molecule has 4 aromatic heterocycles. The number of aldehydes is 1. The summed E-state index contributed by atoms with van der Waals surface area (Å²) in [6, 6.07) is 18.3. The molecule has 0 unspecified atom stereocenters. The van der Waals surface area contributed by atoms with E-state index in [2.05, 4.69) is 77.7 Å². The molecule has 4 atom stereocenters. The van der Waals surface area contributed by atoms with Gasteiger partial charge in [0.25, 0.3) is 11.4 Å². The minimum atomic E-state index is -0.402. The molecule has 2 N–H and O–H groups in total. The summed E-state index contributed by atoms with van der Waals surface area (Å²) < 4.78 is 26.3. The Balaban J connectivity index is 0.000000193. The zero-order chi connectivity index (χ0) is 51.1. The molecule has 22 nitrogen and oxygen atoms in total. The highest BCUT2D eigenvalue weighted by Crippen LogP contribution is 2.33. The maximum atomic E-state index is 11.2. The van der Waals surface area contributed by atoms with Gasteiger partial charge in [0.1, 0.15) is 35.9 Å². The molecule has 0 aliphatic carbocycles.